The summed E-state index contributed by atoms with van der Waals surface area (Å²) in [5.74, 6) is 1.65. The number of sulfonamides is 1. The number of ether oxygens (including phenoxy) is 2. The molecule has 0 amide bonds. The van der Waals surface area contributed by atoms with Crippen molar-refractivity contribution in [3.63, 3.8) is 0 Å². The Kier molecular flexibility index (Phi) is 5.43. The minimum absolute atomic E-state index is 0.0643. The topological polar surface area (TPSA) is 106 Å². The van der Waals surface area contributed by atoms with Crippen LogP contribution in [0, 0.1) is 0 Å². The first kappa shape index (κ1) is 18.2. The lowest BCUT2D eigenvalue weighted by molar-refractivity contribution is 0.174. The minimum Gasteiger partial charge on any atom is -0.454 e. The van der Waals surface area contributed by atoms with Crippen LogP contribution >= 0.6 is 0 Å². The summed E-state index contributed by atoms with van der Waals surface area (Å²) >= 11 is 0. The lowest BCUT2D eigenvalue weighted by Crippen LogP contribution is -2.17. The summed E-state index contributed by atoms with van der Waals surface area (Å²) in [6.07, 6.45) is 0.965. The molecule has 3 rings (SSSR count). The highest BCUT2D eigenvalue weighted by molar-refractivity contribution is 7.92. The van der Waals surface area contributed by atoms with E-state index < -0.39 is 10.0 Å². The summed E-state index contributed by atoms with van der Waals surface area (Å²) in [5.41, 5.74) is 0. The van der Waals surface area contributed by atoms with Gasteiger partial charge >= 0.3 is 0 Å². The van der Waals surface area contributed by atoms with E-state index in [1.165, 1.54) is 12.1 Å². The van der Waals surface area contributed by atoms with E-state index in [1.807, 2.05) is 14.1 Å². The Morgan fingerprint density at radius 3 is 2.54 bits per heavy atom. The fraction of sp³-hybridized carbons (Fsp3) is 0.375. The van der Waals surface area contributed by atoms with Gasteiger partial charge in [-0.1, -0.05) is 0 Å². The van der Waals surface area contributed by atoms with Crippen molar-refractivity contribution in [3.8, 4) is 11.5 Å². The zero-order valence-electron chi connectivity index (χ0n) is 14.6. The van der Waals surface area contributed by atoms with E-state index in [1.54, 1.807) is 18.2 Å². The molecule has 0 atom stereocenters. The first-order valence-corrected chi connectivity index (χ1v) is 9.57. The van der Waals surface area contributed by atoms with Crippen molar-refractivity contribution in [1.82, 2.24) is 15.1 Å². The minimum atomic E-state index is -3.79. The maximum absolute atomic E-state index is 12.5. The third kappa shape index (κ3) is 4.52. The van der Waals surface area contributed by atoms with Crippen LogP contribution < -0.4 is 19.5 Å². The molecule has 0 radical (unpaired) electrons. The van der Waals surface area contributed by atoms with Crippen LogP contribution in [0.3, 0.4) is 0 Å². The van der Waals surface area contributed by atoms with E-state index in [2.05, 4.69) is 25.1 Å². The molecule has 0 saturated heterocycles. The molecule has 0 saturated carbocycles. The van der Waals surface area contributed by atoms with Gasteiger partial charge < -0.3 is 19.7 Å². The van der Waals surface area contributed by atoms with E-state index >= 15 is 0 Å². The van der Waals surface area contributed by atoms with E-state index in [4.69, 9.17) is 9.47 Å². The molecular weight excluding hydrogens is 358 g/mol. The fourth-order valence-corrected chi connectivity index (χ4v) is 3.34. The van der Waals surface area contributed by atoms with Gasteiger partial charge in [-0.05, 0) is 51.3 Å². The van der Waals surface area contributed by atoms with Gasteiger partial charge in [-0.2, -0.15) is 0 Å². The van der Waals surface area contributed by atoms with Crippen LogP contribution in [-0.2, 0) is 10.0 Å². The predicted molar refractivity (Wildman–Crippen MR) is 97.1 cm³/mol. The lowest BCUT2D eigenvalue weighted by atomic mass is 10.3. The molecule has 10 heteroatoms. The van der Waals surface area contributed by atoms with Crippen LogP contribution in [0.15, 0.2) is 35.2 Å². The standard InChI is InChI=1S/C16H21N5O4S/c1-21(2)9-3-8-17-15-6-7-16(19-18-15)20-26(22,23)12-4-5-13-14(10-12)25-11-24-13/h4-7,10H,3,8-9,11H2,1-2H3,(H,17,18)(H,19,20). The van der Waals surface area contributed by atoms with Crippen LogP contribution in [0.4, 0.5) is 11.6 Å². The average Bonchev–Trinajstić information content (AvgIpc) is 3.07. The third-order valence-electron chi connectivity index (χ3n) is 3.65. The summed E-state index contributed by atoms with van der Waals surface area (Å²) in [4.78, 5) is 2.16. The van der Waals surface area contributed by atoms with Gasteiger partial charge in [0.1, 0.15) is 5.82 Å². The lowest BCUT2D eigenvalue weighted by Gasteiger charge is -2.10. The number of fused-ring (bicyclic) bond motifs is 1. The Morgan fingerprint density at radius 2 is 1.81 bits per heavy atom. The van der Waals surface area contributed by atoms with E-state index in [0.29, 0.717) is 17.3 Å². The molecule has 26 heavy (non-hydrogen) atoms. The highest BCUT2D eigenvalue weighted by Gasteiger charge is 2.20. The van der Waals surface area contributed by atoms with Gasteiger partial charge in [0.25, 0.3) is 10.0 Å². The molecule has 0 fully saturated rings. The molecule has 2 heterocycles. The van der Waals surface area contributed by atoms with Gasteiger partial charge in [-0.15, -0.1) is 10.2 Å². The quantitative estimate of drug-likeness (QED) is 0.663. The Hall–Kier alpha value is -2.59. The molecule has 0 spiro atoms. The van der Waals surface area contributed by atoms with Crippen LogP contribution in [0.25, 0.3) is 0 Å². The van der Waals surface area contributed by atoms with Gasteiger partial charge in [-0.3, -0.25) is 4.72 Å². The Labute approximate surface area is 152 Å². The summed E-state index contributed by atoms with van der Waals surface area (Å²) in [6.45, 7) is 1.81. The van der Waals surface area contributed by atoms with E-state index in [0.717, 1.165) is 19.5 Å². The maximum atomic E-state index is 12.5. The van der Waals surface area contributed by atoms with Crippen molar-refractivity contribution < 1.29 is 17.9 Å². The van der Waals surface area contributed by atoms with Gasteiger partial charge in [0.05, 0.1) is 4.90 Å². The van der Waals surface area contributed by atoms with Crippen LogP contribution in [0.5, 0.6) is 11.5 Å². The molecule has 2 N–H and O–H groups in total. The Balaban J connectivity index is 1.61. The maximum Gasteiger partial charge on any atom is 0.263 e. The van der Waals surface area contributed by atoms with Gasteiger partial charge in [-0.25, -0.2) is 8.42 Å². The second kappa shape index (κ2) is 7.75. The second-order valence-corrected chi connectivity index (χ2v) is 7.69. The summed E-state index contributed by atoms with van der Waals surface area (Å²) in [7, 11) is 0.237. The fourth-order valence-electron chi connectivity index (χ4n) is 2.33. The summed E-state index contributed by atoms with van der Waals surface area (Å²) < 4.78 is 37.7. The largest absolute Gasteiger partial charge is 0.454 e. The normalized spacial score (nSPS) is 13.0. The summed E-state index contributed by atoms with van der Waals surface area (Å²) in [6, 6.07) is 7.66. The van der Waals surface area contributed by atoms with Crippen LogP contribution in [0.1, 0.15) is 6.42 Å². The number of aromatic nitrogens is 2. The molecule has 9 nitrogen and oxygen atoms in total. The highest BCUT2D eigenvalue weighted by atomic mass is 32.2. The molecule has 0 bridgehead atoms. The number of anilines is 2. The molecule has 1 aromatic carbocycles. The van der Waals surface area contributed by atoms with Crippen molar-refractivity contribution in [2.45, 2.75) is 11.3 Å². The number of hydrogen-bond donors (Lipinski definition) is 2. The Bertz CT molecular complexity index is 855. The van der Waals surface area contributed by atoms with Gasteiger partial charge in [0.15, 0.2) is 17.3 Å². The predicted octanol–water partition coefficient (Wildman–Crippen LogP) is 1.37. The SMILES string of the molecule is CN(C)CCCNc1ccc(NS(=O)(=O)c2ccc3c(c2)OCO3)nn1. The smallest absolute Gasteiger partial charge is 0.263 e. The van der Waals surface area contributed by atoms with E-state index in [9.17, 15) is 8.42 Å². The molecule has 1 aliphatic rings. The van der Waals surface area contributed by atoms with Gasteiger partial charge in [0.2, 0.25) is 6.79 Å². The van der Waals surface area contributed by atoms with Crippen molar-refractivity contribution in [2.24, 2.45) is 0 Å². The average molecular weight is 379 g/mol. The first-order chi connectivity index (χ1) is 12.4. The molecule has 0 unspecified atom stereocenters. The molecule has 2 aromatic rings. The molecular formula is C16H21N5O4S. The Morgan fingerprint density at radius 1 is 1.08 bits per heavy atom. The van der Waals surface area contributed by atoms with Gasteiger partial charge in [0, 0.05) is 12.6 Å². The molecule has 1 aliphatic heterocycles. The zero-order chi connectivity index (χ0) is 18.6. The van der Waals surface area contributed by atoms with Crippen molar-refractivity contribution in [3.05, 3.63) is 30.3 Å². The third-order valence-corrected chi connectivity index (χ3v) is 5.00. The molecule has 140 valence electrons. The molecule has 0 aliphatic carbocycles. The molecule has 1 aromatic heterocycles. The number of rotatable bonds is 8. The number of nitrogens with one attached hydrogen (secondary N) is 2. The monoisotopic (exact) mass is 379 g/mol. The van der Waals surface area contributed by atoms with Crippen molar-refractivity contribution in [1.29, 1.82) is 0 Å². The number of benzene rings is 1. The van der Waals surface area contributed by atoms with E-state index in [-0.39, 0.29) is 17.5 Å². The van der Waals surface area contributed by atoms with Crippen LogP contribution in [-0.4, -0.2) is 57.5 Å². The number of nitrogens with zero attached hydrogens (tertiary/aromatic N) is 3. The van der Waals surface area contributed by atoms with Crippen LogP contribution in [0.2, 0.25) is 0 Å². The highest BCUT2D eigenvalue weighted by Crippen LogP contribution is 2.34. The van der Waals surface area contributed by atoms with Crippen molar-refractivity contribution in [2.75, 3.05) is 44.0 Å². The zero-order valence-corrected chi connectivity index (χ0v) is 15.4. The van der Waals surface area contributed by atoms with Crippen molar-refractivity contribution >= 4 is 21.7 Å². The number of hydrogen-bond acceptors (Lipinski definition) is 8. The second-order valence-electron chi connectivity index (χ2n) is 6.01. The first-order valence-electron chi connectivity index (χ1n) is 8.09. The summed E-state index contributed by atoms with van der Waals surface area (Å²) in [5, 5.41) is 11.0.